The number of fused-ring (bicyclic) bond motifs is 1. The van der Waals surface area contributed by atoms with Crippen molar-refractivity contribution in [1.82, 2.24) is 9.97 Å². The zero-order chi connectivity index (χ0) is 14.7. The molecule has 1 aliphatic carbocycles. The summed E-state index contributed by atoms with van der Waals surface area (Å²) in [6.07, 6.45) is 6.67. The first-order valence-electron chi connectivity index (χ1n) is 7.78. The van der Waals surface area contributed by atoms with Crippen LogP contribution in [0.5, 0.6) is 0 Å². The van der Waals surface area contributed by atoms with Gasteiger partial charge in [0.1, 0.15) is 5.82 Å². The molecule has 1 fully saturated rings. The zero-order valence-electron chi connectivity index (χ0n) is 12.5. The number of nitrogens with one attached hydrogen (secondary N) is 2. The van der Waals surface area contributed by atoms with Crippen LogP contribution in [0.1, 0.15) is 39.0 Å². The number of aromatic nitrogens is 2. The van der Waals surface area contributed by atoms with Crippen molar-refractivity contribution in [2.75, 3.05) is 10.7 Å². The molecule has 2 aromatic rings. The molecule has 5 heteroatoms. The first-order chi connectivity index (χ1) is 10.3. The molecule has 112 valence electrons. The van der Waals surface area contributed by atoms with Gasteiger partial charge in [0.15, 0.2) is 0 Å². The summed E-state index contributed by atoms with van der Waals surface area (Å²) in [4.78, 5) is 8.88. The Morgan fingerprint density at radius 3 is 2.67 bits per heavy atom. The average Bonchev–Trinajstić information content (AvgIpc) is 2.55. The number of rotatable bonds is 4. The SMILES string of the molecule is CC(Nc1nc(NN)nc2ccccc12)C1CCCCC1. The van der Waals surface area contributed by atoms with E-state index in [1.54, 1.807) is 0 Å². The summed E-state index contributed by atoms with van der Waals surface area (Å²) in [6, 6.07) is 8.43. The number of hydrogen-bond acceptors (Lipinski definition) is 5. The fraction of sp³-hybridized carbons (Fsp3) is 0.500. The lowest BCUT2D eigenvalue weighted by Crippen LogP contribution is -2.28. The Morgan fingerprint density at radius 2 is 1.90 bits per heavy atom. The van der Waals surface area contributed by atoms with E-state index in [0.717, 1.165) is 22.6 Å². The summed E-state index contributed by atoms with van der Waals surface area (Å²) < 4.78 is 0. The molecule has 0 aliphatic heterocycles. The second-order valence-corrected chi connectivity index (χ2v) is 5.89. The van der Waals surface area contributed by atoms with Gasteiger partial charge in [0.05, 0.1) is 5.52 Å². The molecule has 1 aliphatic rings. The summed E-state index contributed by atoms with van der Waals surface area (Å²) in [5, 5.41) is 4.62. The molecule has 21 heavy (non-hydrogen) atoms. The maximum Gasteiger partial charge on any atom is 0.239 e. The van der Waals surface area contributed by atoms with Gasteiger partial charge in [0, 0.05) is 11.4 Å². The molecule has 0 bridgehead atoms. The lowest BCUT2D eigenvalue weighted by molar-refractivity contribution is 0.328. The first-order valence-corrected chi connectivity index (χ1v) is 7.78. The number of anilines is 2. The minimum absolute atomic E-state index is 0.411. The summed E-state index contributed by atoms with van der Waals surface area (Å²) in [5.74, 6) is 7.52. The molecule has 0 amide bonds. The van der Waals surface area contributed by atoms with E-state index in [2.05, 4.69) is 27.6 Å². The number of nitrogen functional groups attached to an aromatic ring is 1. The fourth-order valence-electron chi connectivity index (χ4n) is 3.22. The minimum atomic E-state index is 0.411. The molecular weight excluding hydrogens is 262 g/mol. The van der Waals surface area contributed by atoms with Gasteiger partial charge in [-0.25, -0.2) is 10.8 Å². The number of nitrogens with two attached hydrogens (primary N) is 1. The van der Waals surface area contributed by atoms with E-state index in [1.165, 1.54) is 32.1 Å². The monoisotopic (exact) mass is 285 g/mol. The Kier molecular flexibility index (Phi) is 4.20. The van der Waals surface area contributed by atoms with Gasteiger partial charge in [-0.3, -0.25) is 5.43 Å². The van der Waals surface area contributed by atoms with Crippen LogP contribution in [0.3, 0.4) is 0 Å². The molecule has 0 spiro atoms. The van der Waals surface area contributed by atoms with E-state index in [1.807, 2.05) is 24.3 Å². The van der Waals surface area contributed by atoms with Gasteiger partial charge in [-0.1, -0.05) is 31.4 Å². The number of benzene rings is 1. The Labute approximate surface area is 125 Å². The first kappa shape index (κ1) is 14.1. The second-order valence-electron chi connectivity index (χ2n) is 5.89. The van der Waals surface area contributed by atoms with Crippen molar-refractivity contribution in [1.29, 1.82) is 0 Å². The number of hydrogen-bond donors (Lipinski definition) is 3. The predicted octanol–water partition coefficient (Wildman–Crippen LogP) is 3.30. The predicted molar refractivity (Wildman–Crippen MR) is 87.0 cm³/mol. The summed E-state index contributed by atoms with van der Waals surface area (Å²) in [7, 11) is 0. The fourth-order valence-corrected chi connectivity index (χ4v) is 3.22. The van der Waals surface area contributed by atoms with Crippen molar-refractivity contribution >= 4 is 22.7 Å². The van der Waals surface area contributed by atoms with Crippen LogP contribution < -0.4 is 16.6 Å². The molecule has 0 radical (unpaired) electrons. The van der Waals surface area contributed by atoms with Crippen molar-refractivity contribution in [2.45, 2.75) is 45.1 Å². The average molecular weight is 285 g/mol. The Balaban J connectivity index is 1.88. The lowest BCUT2D eigenvalue weighted by Gasteiger charge is -2.29. The maximum absolute atomic E-state index is 5.48. The van der Waals surface area contributed by atoms with E-state index in [9.17, 15) is 0 Å². The van der Waals surface area contributed by atoms with Crippen molar-refractivity contribution in [3.05, 3.63) is 24.3 Å². The van der Waals surface area contributed by atoms with Gasteiger partial charge in [0.2, 0.25) is 5.95 Å². The van der Waals surface area contributed by atoms with Crippen LogP contribution in [-0.4, -0.2) is 16.0 Å². The highest BCUT2D eigenvalue weighted by Crippen LogP contribution is 2.29. The third-order valence-electron chi connectivity index (χ3n) is 4.45. The highest BCUT2D eigenvalue weighted by Gasteiger charge is 2.21. The van der Waals surface area contributed by atoms with Gasteiger partial charge in [0.25, 0.3) is 0 Å². The third kappa shape index (κ3) is 3.08. The van der Waals surface area contributed by atoms with Gasteiger partial charge in [-0.05, 0) is 37.8 Å². The smallest absolute Gasteiger partial charge is 0.239 e. The Bertz CT molecular complexity index is 607. The lowest BCUT2D eigenvalue weighted by atomic mass is 9.84. The van der Waals surface area contributed by atoms with E-state index in [4.69, 9.17) is 5.84 Å². The normalized spacial score (nSPS) is 17.6. The summed E-state index contributed by atoms with van der Waals surface area (Å²) in [5.41, 5.74) is 3.45. The molecule has 1 unspecified atom stereocenters. The van der Waals surface area contributed by atoms with Crippen LogP contribution in [0, 0.1) is 5.92 Å². The van der Waals surface area contributed by atoms with Crippen LogP contribution in [0.4, 0.5) is 11.8 Å². The van der Waals surface area contributed by atoms with Crippen molar-refractivity contribution in [2.24, 2.45) is 11.8 Å². The largest absolute Gasteiger partial charge is 0.367 e. The van der Waals surface area contributed by atoms with Gasteiger partial charge >= 0.3 is 0 Å². The van der Waals surface area contributed by atoms with Crippen molar-refractivity contribution < 1.29 is 0 Å². The molecule has 1 saturated carbocycles. The quantitative estimate of drug-likeness (QED) is 0.593. The van der Waals surface area contributed by atoms with Crippen LogP contribution in [0.25, 0.3) is 10.9 Å². The molecule has 1 atom stereocenters. The molecule has 4 N–H and O–H groups in total. The third-order valence-corrected chi connectivity index (χ3v) is 4.45. The topological polar surface area (TPSA) is 75.9 Å². The molecule has 1 heterocycles. The minimum Gasteiger partial charge on any atom is -0.367 e. The standard InChI is InChI=1S/C16H23N5/c1-11(12-7-3-2-4-8-12)18-15-13-9-5-6-10-14(13)19-16(20-15)21-17/h5-6,9-12H,2-4,7-8,17H2,1H3,(H2,18,19,20,21). The van der Waals surface area contributed by atoms with E-state index in [0.29, 0.717) is 12.0 Å². The molecule has 0 saturated heterocycles. The van der Waals surface area contributed by atoms with E-state index >= 15 is 0 Å². The van der Waals surface area contributed by atoms with E-state index < -0.39 is 0 Å². The van der Waals surface area contributed by atoms with Crippen molar-refractivity contribution in [3.8, 4) is 0 Å². The molecular formula is C16H23N5. The highest BCUT2D eigenvalue weighted by atomic mass is 15.3. The summed E-state index contributed by atoms with van der Waals surface area (Å²) >= 11 is 0. The maximum atomic E-state index is 5.48. The molecule has 3 rings (SSSR count). The Morgan fingerprint density at radius 1 is 1.14 bits per heavy atom. The van der Waals surface area contributed by atoms with Gasteiger partial charge in [-0.2, -0.15) is 4.98 Å². The highest BCUT2D eigenvalue weighted by molar-refractivity contribution is 5.90. The van der Waals surface area contributed by atoms with Crippen LogP contribution in [-0.2, 0) is 0 Å². The van der Waals surface area contributed by atoms with E-state index in [-0.39, 0.29) is 0 Å². The van der Waals surface area contributed by atoms with Crippen LogP contribution in [0.2, 0.25) is 0 Å². The molecule has 5 nitrogen and oxygen atoms in total. The van der Waals surface area contributed by atoms with Crippen LogP contribution in [0.15, 0.2) is 24.3 Å². The van der Waals surface area contributed by atoms with Gasteiger partial charge < -0.3 is 5.32 Å². The Hall–Kier alpha value is -1.88. The van der Waals surface area contributed by atoms with Crippen molar-refractivity contribution in [3.63, 3.8) is 0 Å². The second kappa shape index (κ2) is 6.26. The number of nitrogens with zero attached hydrogens (tertiary/aromatic N) is 2. The summed E-state index contributed by atoms with van der Waals surface area (Å²) in [6.45, 7) is 2.25. The number of para-hydroxylation sites is 1. The van der Waals surface area contributed by atoms with Gasteiger partial charge in [-0.15, -0.1) is 0 Å². The molecule has 1 aromatic heterocycles. The molecule has 1 aromatic carbocycles. The zero-order valence-corrected chi connectivity index (χ0v) is 12.5. The number of hydrazine groups is 1. The van der Waals surface area contributed by atoms with Crippen LogP contribution >= 0.6 is 0 Å².